The number of halogens is 1. The summed E-state index contributed by atoms with van der Waals surface area (Å²) in [6.07, 6.45) is 1.99. The zero-order valence-electron chi connectivity index (χ0n) is 6.94. The zero-order chi connectivity index (χ0) is 10.0. The van der Waals surface area contributed by atoms with E-state index in [0.717, 1.165) is 10.2 Å². The third-order valence-electron chi connectivity index (χ3n) is 1.68. The van der Waals surface area contributed by atoms with E-state index in [-0.39, 0.29) is 0 Å². The van der Waals surface area contributed by atoms with Gasteiger partial charge in [-0.25, -0.2) is 0 Å². The molecule has 1 aromatic heterocycles. The molecule has 72 valence electrons. The van der Waals surface area contributed by atoms with Crippen LogP contribution in [0.1, 0.15) is 5.69 Å². The summed E-state index contributed by atoms with van der Waals surface area (Å²) in [7, 11) is 1.77. The van der Waals surface area contributed by atoms with Crippen LogP contribution in [0.3, 0.4) is 0 Å². The number of rotatable bonds is 3. The molecule has 1 heterocycles. The standard InChI is InChI=1S/C7H9BrN2O2S/c1-10-5(4(8)3-9-10)2-6(13)7(11)12/h3,6,13H,2H2,1H3,(H,11,12). The lowest BCUT2D eigenvalue weighted by molar-refractivity contribution is -0.136. The van der Waals surface area contributed by atoms with Gasteiger partial charge in [-0.3, -0.25) is 9.48 Å². The van der Waals surface area contributed by atoms with E-state index >= 15 is 0 Å². The first-order valence-corrected chi connectivity index (χ1v) is 4.90. The minimum Gasteiger partial charge on any atom is -0.480 e. The summed E-state index contributed by atoms with van der Waals surface area (Å²) < 4.78 is 2.45. The summed E-state index contributed by atoms with van der Waals surface area (Å²) in [5.74, 6) is -0.920. The molecule has 1 rings (SSSR count). The number of carbonyl (C=O) groups is 1. The molecule has 13 heavy (non-hydrogen) atoms. The SMILES string of the molecule is Cn1ncc(Br)c1CC(S)C(=O)O. The highest BCUT2D eigenvalue weighted by atomic mass is 79.9. The Bertz CT molecular complexity index is 307. The molecule has 0 saturated carbocycles. The van der Waals surface area contributed by atoms with E-state index in [2.05, 4.69) is 33.7 Å². The van der Waals surface area contributed by atoms with Gasteiger partial charge in [-0.2, -0.15) is 17.7 Å². The van der Waals surface area contributed by atoms with Crippen LogP contribution in [0.2, 0.25) is 0 Å². The van der Waals surface area contributed by atoms with Gasteiger partial charge in [0.15, 0.2) is 0 Å². The molecule has 0 amide bonds. The van der Waals surface area contributed by atoms with Crippen molar-refractivity contribution in [2.24, 2.45) is 7.05 Å². The molecule has 4 nitrogen and oxygen atoms in total. The molecule has 0 aliphatic carbocycles. The van der Waals surface area contributed by atoms with Crippen molar-refractivity contribution in [2.45, 2.75) is 11.7 Å². The molecule has 0 saturated heterocycles. The van der Waals surface area contributed by atoms with Crippen molar-refractivity contribution in [1.82, 2.24) is 9.78 Å². The van der Waals surface area contributed by atoms with E-state index < -0.39 is 11.2 Å². The molecular formula is C7H9BrN2O2S. The summed E-state index contributed by atoms with van der Waals surface area (Å²) in [6, 6.07) is 0. The number of hydrogen-bond acceptors (Lipinski definition) is 3. The van der Waals surface area contributed by atoms with Gasteiger partial charge >= 0.3 is 5.97 Å². The Kier molecular flexibility index (Phi) is 3.38. The van der Waals surface area contributed by atoms with E-state index in [1.54, 1.807) is 17.9 Å². The van der Waals surface area contributed by atoms with Crippen LogP contribution in [0, 0.1) is 0 Å². The van der Waals surface area contributed by atoms with Crippen LogP contribution in [-0.2, 0) is 18.3 Å². The van der Waals surface area contributed by atoms with Crippen molar-refractivity contribution in [3.8, 4) is 0 Å². The maximum atomic E-state index is 10.5. The third-order valence-corrected chi connectivity index (χ3v) is 2.75. The molecule has 0 aliphatic heterocycles. The number of carboxylic acids is 1. The lowest BCUT2D eigenvalue weighted by atomic mass is 10.2. The fourth-order valence-corrected chi connectivity index (χ4v) is 1.62. The number of thiol groups is 1. The molecule has 0 bridgehead atoms. The van der Waals surface area contributed by atoms with Gasteiger partial charge in [0.05, 0.1) is 16.4 Å². The highest BCUT2D eigenvalue weighted by Crippen LogP contribution is 2.18. The van der Waals surface area contributed by atoms with Crippen LogP contribution < -0.4 is 0 Å². The Morgan fingerprint density at radius 2 is 2.54 bits per heavy atom. The van der Waals surface area contributed by atoms with Gasteiger partial charge in [-0.1, -0.05) is 0 Å². The van der Waals surface area contributed by atoms with Gasteiger partial charge in [0.25, 0.3) is 0 Å². The van der Waals surface area contributed by atoms with Gasteiger partial charge in [0, 0.05) is 13.5 Å². The molecule has 6 heteroatoms. The largest absolute Gasteiger partial charge is 0.480 e. The second kappa shape index (κ2) is 4.15. The number of hydrogen-bond donors (Lipinski definition) is 2. The quantitative estimate of drug-likeness (QED) is 0.805. The van der Waals surface area contributed by atoms with E-state index in [0.29, 0.717) is 6.42 Å². The molecule has 0 radical (unpaired) electrons. The number of nitrogens with zero attached hydrogens (tertiary/aromatic N) is 2. The minimum absolute atomic E-state index is 0.357. The van der Waals surface area contributed by atoms with Gasteiger partial charge < -0.3 is 5.11 Å². The monoisotopic (exact) mass is 264 g/mol. The van der Waals surface area contributed by atoms with Crippen LogP contribution in [0.5, 0.6) is 0 Å². The normalized spacial score (nSPS) is 12.8. The second-order valence-electron chi connectivity index (χ2n) is 2.62. The van der Waals surface area contributed by atoms with Crippen molar-refractivity contribution in [2.75, 3.05) is 0 Å². The Balaban J connectivity index is 2.79. The average molecular weight is 265 g/mol. The molecule has 1 unspecified atom stereocenters. The molecule has 0 aromatic carbocycles. The molecular weight excluding hydrogens is 256 g/mol. The predicted octanol–water partition coefficient (Wildman–Crippen LogP) is 1.11. The van der Waals surface area contributed by atoms with Crippen molar-refractivity contribution in [3.63, 3.8) is 0 Å². The fraction of sp³-hybridized carbons (Fsp3) is 0.429. The van der Waals surface area contributed by atoms with Gasteiger partial charge in [-0.15, -0.1) is 0 Å². The maximum Gasteiger partial charge on any atom is 0.316 e. The first kappa shape index (κ1) is 10.6. The molecule has 0 aliphatic rings. The van der Waals surface area contributed by atoms with Crippen LogP contribution >= 0.6 is 28.6 Å². The topological polar surface area (TPSA) is 55.1 Å². The Hall–Kier alpha value is -0.490. The van der Waals surface area contributed by atoms with Crippen LogP contribution in [0.4, 0.5) is 0 Å². The minimum atomic E-state index is -0.920. The number of carboxylic acid groups (broad SMARTS) is 1. The Morgan fingerprint density at radius 1 is 1.92 bits per heavy atom. The summed E-state index contributed by atoms with van der Waals surface area (Å²) in [4.78, 5) is 10.5. The molecule has 1 N–H and O–H groups in total. The van der Waals surface area contributed by atoms with E-state index in [1.807, 2.05) is 0 Å². The van der Waals surface area contributed by atoms with Crippen LogP contribution in [0.15, 0.2) is 10.7 Å². The van der Waals surface area contributed by atoms with Crippen LogP contribution in [0.25, 0.3) is 0 Å². The van der Waals surface area contributed by atoms with Gasteiger partial charge in [0.1, 0.15) is 5.25 Å². The second-order valence-corrected chi connectivity index (χ2v) is 4.10. The maximum absolute atomic E-state index is 10.5. The summed E-state index contributed by atoms with van der Waals surface area (Å²) in [6.45, 7) is 0. The molecule has 1 aromatic rings. The van der Waals surface area contributed by atoms with Gasteiger partial charge in [0.2, 0.25) is 0 Å². The number of aryl methyl sites for hydroxylation is 1. The summed E-state index contributed by atoms with van der Waals surface area (Å²) in [5, 5.41) is 11.9. The van der Waals surface area contributed by atoms with E-state index in [9.17, 15) is 4.79 Å². The molecule has 1 atom stereocenters. The summed E-state index contributed by atoms with van der Waals surface area (Å²) in [5.41, 5.74) is 0.836. The number of aliphatic carboxylic acids is 1. The lowest BCUT2D eigenvalue weighted by Gasteiger charge is -2.05. The first-order valence-electron chi connectivity index (χ1n) is 3.59. The average Bonchev–Trinajstić information content (AvgIpc) is 2.35. The van der Waals surface area contributed by atoms with Crippen molar-refractivity contribution in [3.05, 3.63) is 16.4 Å². The smallest absolute Gasteiger partial charge is 0.316 e. The lowest BCUT2D eigenvalue weighted by Crippen LogP contribution is -2.18. The third kappa shape index (κ3) is 2.47. The fourth-order valence-electron chi connectivity index (χ4n) is 0.936. The Labute approximate surface area is 89.5 Å². The van der Waals surface area contributed by atoms with Crippen molar-refractivity contribution >= 4 is 34.5 Å². The van der Waals surface area contributed by atoms with Crippen molar-refractivity contribution < 1.29 is 9.90 Å². The first-order chi connectivity index (χ1) is 6.02. The highest BCUT2D eigenvalue weighted by molar-refractivity contribution is 9.10. The highest BCUT2D eigenvalue weighted by Gasteiger charge is 2.16. The number of aromatic nitrogens is 2. The van der Waals surface area contributed by atoms with Crippen molar-refractivity contribution in [1.29, 1.82) is 0 Å². The molecule has 0 fully saturated rings. The summed E-state index contributed by atoms with van der Waals surface area (Å²) >= 11 is 7.23. The van der Waals surface area contributed by atoms with E-state index in [1.165, 1.54) is 0 Å². The predicted molar refractivity (Wildman–Crippen MR) is 55.0 cm³/mol. The Morgan fingerprint density at radius 3 is 2.92 bits per heavy atom. The van der Waals surface area contributed by atoms with Crippen LogP contribution in [-0.4, -0.2) is 26.1 Å². The van der Waals surface area contributed by atoms with E-state index in [4.69, 9.17) is 5.11 Å². The van der Waals surface area contributed by atoms with Gasteiger partial charge in [-0.05, 0) is 15.9 Å². The zero-order valence-corrected chi connectivity index (χ0v) is 9.42. The molecule has 0 spiro atoms.